The van der Waals surface area contributed by atoms with Crippen molar-refractivity contribution in [3.8, 4) is 5.75 Å². The van der Waals surface area contributed by atoms with Crippen LogP contribution in [0, 0.1) is 0 Å². The number of hydrogen-bond acceptors (Lipinski definition) is 2. The summed E-state index contributed by atoms with van der Waals surface area (Å²) in [5, 5.41) is 0. The van der Waals surface area contributed by atoms with Gasteiger partial charge in [0.05, 0.1) is 12.7 Å². The number of ether oxygens (including phenoxy) is 1. The highest BCUT2D eigenvalue weighted by Gasteiger charge is 2.34. The van der Waals surface area contributed by atoms with Crippen LogP contribution in [-0.4, -0.2) is 12.9 Å². The lowest BCUT2D eigenvalue weighted by atomic mass is 9.98. The summed E-state index contributed by atoms with van der Waals surface area (Å²) in [6.07, 6.45) is -4.69. The predicted octanol–water partition coefficient (Wildman–Crippen LogP) is 4.14. The van der Waals surface area contributed by atoms with Crippen LogP contribution >= 0.6 is 0 Å². The monoisotopic (exact) mass is 294 g/mol. The molecule has 0 fully saturated rings. The van der Waals surface area contributed by atoms with Gasteiger partial charge in [-0.25, -0.2) is 0 Å². The number of ketones is 1. The number of alkyl halides is 3. The van der Waals surface area contributed by atoms with E-state index in [-0.39, 0.29) is 12.0 Å². The standard InChI is InChI=1S/C16H13F3O2/c1-21-15-9-5-2-6-11(15)10-14(20)12-7-3-4-8-13(12)16(17,18)19/h2-9H,10H2,1H3. The molecule has 0 saturated heterocycles. The van der Waals surface area contributed by atoms with Crippen molar-refractivity contribution in [3.63, 3.8) is 0 Å². The SMILES string of the molecule is COc1ccccc1CC(=O)c1ccccc1C(F)(F)F. The molecule has 2 aromatic carbocycles. The number of methoxy groups -OCH3 is 1. The zero-order valence-electron chi connectivity index (χ0n) is 11.3. The van der Waals surface area contributed by atoms with Gasteiger partial charge in [-0.15, -0.1) is 0 Å². The molecule has 110 valence electrons. The summed E-state index contributed by atoms with van der Waals surface area (Å²) in [6, 6.07) is 11.6. The second kappa shape index (κ2) is 5.99. The van der Waals surface area contributed by atoms with Gasteiger partial charge in [-0.1, -0.05) is 36.4 Å². The third-order valence-electron chi connectivity index (χ3n) is 3.08. The number of hydrogen-bond donors (Lipinski definition) is 0. The van der Waals surface area contributed by atoms with Gasteiger partial charge in [-0.3, -0.25) is 4.79 Å². The molecule has 0 saturated carbocycles. The fraction of sp³-hybridized carbons (Fsp3) is 0.188. The molecule has 0 aliphatic heterocycles. The highest BCUT2D eigenvalue weighted by atomic mass is 19.4. The Balaban J connectivity index is 2.34. The zero-order valence-corrected chi connectivity index (χ0v) is 11.3. The van der Waals surface area contributed by atoms with E-state index in [0.29, 0.717) is 11.3 Å². The Morgan fingerprint density at radius 2 is 1.67 bits per heavy atom. The largest absolute Gasteiger partial charge is 0.496 e. The molecule has 2 rings (SSSR count). The number of rotatable bonds is 4. The molecule has 0 atom stereocenters. The lowest BCUT2D eigenvalue weighted by molar-refractivity contribution is -0.137. The van der Waals surface area contributed by atoms with Crippen molar-refractivity contribution in [1.29, 1.82) is 0 Å². The maximum atomic E-state index is 12.9. The molecule has 0 aliphatic rings. The van der Waals surface area contributed by atoms with Crippen molar-refractivity contribution < 1.29 is 22.7 Å². The van der Waals surface area contributed by atoms with Crippen LogP contribution in [0.5, 0.6) is 5.75 Å². The van der Waals surface area contributed by atoms with Crippen LogP contribution in [0.3, 0.4) is 0 Å². The van der Waals surface area contributed by atoms with Crippen molar-refractivity contribution in [2.75, 3.05) is 7.11 Å². The molecule has 0 amide bonds. The Morgan fingerprint density at radius 3 is 2.33 bits per heavy atom. The van der Waals surface area contributed by atoms with Crippen LogP contribution in [0.15, 0.2) is 48.5 Å². The van der Waals surface area contributed by atoms with E-state index in [1.165, 1.54) is 25.3 Å². The molecule has 5 heteroatoms. The van der Waals surface area contributed by atoms with Crippen molar-refractivity contribution in [2.45, 2.75) is 12.6 Å². The van der Waals surface area contributed by atoms with E-state index in [2.05, 4.69) is 0 Å². The van der Waals surface area contributed by atoms with Crippen LogP contribution in [0.1, 0.15) is 21.5 Å². The van der Waals surface area contributed by atoms with Crippen LogP contribution in [0.2, 0.25) is 0 Å². The van der Waals surface area contributed by atoms with Crippen LogP contribution in [0.25, 0.3) is 0 Å². The van der Waals surface area contributed by atoms with Gasteiger partial charge in [-0.05, 0) is 12.1 Å². The van der Waals surface area contributed by atoms with Gasteiger partial charge >= 0.3 is 6.18 Å². The van der Waals surface area contributed by atoms with E-state index < -0.39 is 17.5 Å². The number of carbonyl (C=O) groups excluding carboxylic acids is 1. The number of para-hydroxylation sites is 1. The lowest BCUT2D eigenvalue weighted by Gasteiger charge is -2.12. The Kier molecular flexibility index (Phi) is 4.31. The van der Waals surface area contributed by atoms with Gasteiger partial charge in [0.2, 0.25) is 0 Å². The van der Waals surface area contributed by atoms with Crippen LogP contribution in [0.4, 0.5) is 13.2 Å². The second-order valence-corrected chi connectivity index (χ2v) is 4.46. The molecule has 21 heavy (non-hydrogen) atoms. The van der Waals surface area contributed by atoms with E-state index >= 15 is 0 Å². The van der Waals surface area contributed by atoms with Crippen molar-refractivity contribution >= 4 is 5.78 Å². The maximum absolute atomic E-state index is 12.9. The molecule has 0 aliphatic carbocycles. The molecule has 2 aromatic rings. The van der Waals surface area contributed by atoms with Gasteiger partial charge in [-0.2, -0.15) is 13.2 Å². The normalized spacial score (nSPS) is 11.2. The first-order chi connectivity index (χ1) is 9.93. The molecule has 0 spiro atoms. The molecule has 0 radical (unpaired) electrons. The molecule has 0 bridgehead atoms. The summed E-state index contributed by atoms with van der Waals surface area (Å²) in [7, 11) is 1.45. The minimum atomic E-state index is -4.55. The summed E-state index contributed by atoms with van der Waals surface area (Å²) < 4.78 is 43.9. The third kappa shape index (κ3) is 3.42. The van der Waals surface area contributed by atoms with Gasteiger partial charge in [0.1, 0.15) is 5.75 Å². The topological polar surface area (TPSA) is 26.3 Å². The molecule has 0 unspecified atom stereocenters. The average Bonchev–Trinajstić information content (AvgIpc) is 2.47. The van der Waals surface area contributed by atoms with Gasteiger partial charge < -0.3 is 4.74 Å². The Bertz CT molecular complexity index is 648. The van der Waals surface area contributed by atoms with E-state index in [0.717, 1.165) is 6.07 Å². The van der Waals surface area contributed by atoms with Gasteiger partial charge in [0.25, 0.3) is 0 Å². The van der Waals surface area contributed by atoms with Gasteiger partial charge in [0, 0.05) is 17.5 Å². The quantitative estimate of drug-likeness (QED) is 0.792. The van der Waals surface area contributed by atoms with Gasteiger partial charge in [0.15, 0.2) is 5.78 Å². The molecule has 0 heterocycles. The fourth-order valence-electron chi connectivity index (χ4n) is 2.09. The molecule has 0 aromatic heterocycles. The van der Waals surface area contributed by atoms with Crippen molar-refractivity contribution in [3.05, 3.63) is 65.2 Å². The lowest BCUT2D eigenvalue weighted by Crippen LogP contribution is -2.14. The number of carbonyl (C=O) groups is 1. The van der Waals surface area contributed by atoms with E-state index in [4.69, 9.17) is 4.74 Å². The Labute approximate surface area is 120 Å². The number of halogens is 3. The summed E-state index contributed by atoms with van der Waals surface area (Å²) in [5.41, 5.74) is -0.678. The maximum Gasteiger partial charge on any atom is 0.417 e. The molecule has 2 nitrogen and oxygen atoms in total. The van der Waals surface area contributed by atoms with Crippen LogP contribution in [-0.2, 0) is 12.6 Å². The first kappa shape index (κ1) is 15.1. The highest BCUT2D eigenvalue weighted by molar-refractivity contribution is 5.99. The summed E-state index contributed by atoms with van der Waals surface area (Å²) in [6.45, 7) is 0. The summed E-state index contributed by atoms with van der Waals surface area (Å²) >= 11 is 0. The summed E-state index contributed by atoms with van der Waals surface area (Å²) in [5.74, 6) is -0.109. The summed E-state index contributed by atoms with van der Waals surface area (Å²) in [4.78, 5) is 12.2. The van der Waals surface area contributed by atoms with Crippen molar-refractivity contribution in [2.24, 2.45) is 0 Å². The average molecular weight is 294 g/mol. The third-order valence-corrected chi connectivity index (χ3v) is 3.08. The Morgan fingerprint density at radius 1 is 1.05 bits per heavy atom. The van der Waals surface area contributed by atoms with E-state index in [9.17, 15) is 18.0 Å². The highest BCUT2D eigenvalue weighted by Crippen LogP contribution is 2.32. The first-order valence-corrected chi connectivity index (χ1v) is 6.25. The zero-order chi connectivity index (χ0) is 15.5. The van der Waals surface area contributed by atoms with E-state index in [1.54, 1.807) is 24.3 Å². The predicted molar refractivity (Wildman–Crippen MR) is 72.5 cm³/mol. The fourth-order valence-corrected chi connectivity index (χ4v) is 2.09. The minimum Gasteiger partial charge on any atom is -0.496 e. The first-order valence-electron chi connectivity index (χ1n) is 6.25. The minimum absolute atomic E-state index is 0.142. The number of benzene rings is 2. The number of Topliss-reactive ketones (excluding diaryl/α,β-unsaturated/α-hetero) is 1. The second-order valence-electron chi connectivity index (χ2n) is 4.46. The Hall–Kier alpha value is -2.30. The molecular weight excluding hydrogens is 281 g/mol. The molecule has 0 N–H and O–H groups in total. The molecular formula is C16H13F3O2. The van der Waals surface area contributed by atoms with E-state index in [1.807, 2.05) is 0 Å². The smallest absolute Gasteiger partial charge is 0.417 e. The van der Waals surface area contributed by atoms with Crippen molar-refractivity contribution in [1.82, 2.24) is 0 Å². The van der Waals surface area contributed by atoms with Crippen LogP contribution < -0.4 is 4.74 Å².